The minimum atomic E-state index is -0.568. The number of nitro benzene ring substituents is 1. The van der Waals surface area contributed by atoms with Gasteiger partial charge in [-0.05, 0) is 29.8 Å². The summed E-state index contributed by atoms with van der Waals surface area (Å²) in [6.07, 6.45) is 1.62. The molecule has 1 aromatic heterocycles. The molecule has 0 amide bonds. The summed E-state index contributed by atoms with van der Waals surface area (Å²) < 4.78 is 5.48. The van der Waals surface area contributed by atoms with E-state index in [4.69, 9.17) is 10.00 Å². The number of ether oxygens (including phenoxy) is 1. The van der Waals surface area contributed by atoms with Gasteiger partial charge in [0.15, 0.2) is 5.75 Å². The smallest absolute Gasteiger partial charge is 0.312 e. The fraction of sp³-hybridized carbons (Fsp3) is 0.143. The molecule has 1 N–H and O–H groups in total. The standard InChI is InChI=1S/C14H12N4O3/c1-16-14-7-11(4-5-17-14)9-21-13-3-2-10(8-15)6-12(13)18(19)20/h2-7H,9H2,1H3,(H,16,17). The molecule has 0 saturated carbocycles. The predicted molar refractivity (Wildman–Crippen MR) is 75.9 cm³/mol. The van der Waals surface area contributed by atoms with E-state index in [0.29, 0.717) is 5.82 Å². The second kappa shape index (κ2) is 6.34. The lowest BCUT2D eigenvalue weighted by Crippen LogP contribution is -2.01. The van der Waals surface area contributed by atoms with Crippen LogP contribution in [0.5, 0.6) is 5.75 Å². The number of anilines is 1. The maximum atomic E-state index is 11.0. The van der Waals surface area contributed by atoms with Gasteiger partial charge in [0, 0.05) is 19.3 Å². The lowest BCUT2D eigenvalue weighted by molar-refractivity contribution is -0.386. The molecule has 2 aromatic rings. The maximum absolute atomic E-state index is 11.0. The van der Waals surface area contributed by atoms with Gasteiger partial charge in [-0.15, -0.1) is 0 Å². The Morgan fingerprint density at radius 1 is 1.43 bits per heavy atom. The number of nitrogens with zero attached hydrogens (tertiary/aromatic N) is 3. The number of pyridine rings is 1. The molecule has 0 spiro atoms. The van der Waals surface area contributed by atoms with Gasteiger partial charge in [0.25, 0.3) is 0 Å². The molecule has 0 unspecified atom stereocenters. The van der Waals surface area contributed by atoms with E-state index in [1.807, 2.05) is 6.07 Å². The van der Waals surface area contributed by atoms with Crippen LogP contribution in [0.3, 0.4) is 0 Å². The molecule has 1 heterocycles. The van der Waals surface area contributed by atoms with E-state index in [-0.39, 0.29) is 23.6 Å². The summed E-state index contributed by atoms with van der Waals surface area (Å²) in [5.74, 6) is 0.812. The topological polar surface area (TPSA) is 101 Å². The van der Waals surface area contributed by atoms with Crippen LogP contribution in [0, 0.1) is 21.4 Å². The van der Waals surface area contributed by atoms with Gasteiger partial charge < -0.3 is 10.1 Å². The summed E-state index contributed by atoms with van der Waals surface area (Å²) in [7, 11) is 1.75. The second-order valence-corrected chi connectivity index (χ2v) is 4.14. The Bertz CT molecular complexity index is 710. The van der Waals surface area contributed by atoms with Crippen LogP contribution in [-0.2, 0) is 6.61 Å². The molecule has 0 aliphatic rings. The zero-order valence-corrected chi connectivity index (χ0v) is 11.2. The van der Waals surface area contributed by atoms with Crippen molar-refractivity contribution in [3.8, 4) is 11.8 Å². The molecule has 106 valence electrons. The molecule has 2 rings (SSSR count). The van der Waals surface area contributed by atoms with E-state index in [0.717, 1.165) is 5.56 Å². The molecule has 21 heavy (non-hydrogen) atoms. The van der Waals surface area contributed by atoms with Crippen molar-refractivity contribution in [1.29, 1.82) is 5.26 Å². The zero-order chi connectivity index (χ0) is 15.2. The third-order valence-corrected chi connectivity index (χ3v) is 2.76. The molecular weight excluding hydrogens is 272 g/mol. The SMILES string of the molecule is CNc1cc(COc2ccc(C#N)cc2[N+](=O)[O-])ccn1. The van der Waals surface area contributed by atoms with Crippen LogP contribution in [0.15, 0.2) is 36.5 Å². The second-order valence-electron chi connectivity index (χ2n) is 4.14. The average molecular weight is 284 g/mol. The van der Waals surface area contributed by atoms with Crippen molar-refractivity contribution >= 4 is 11.5 Å². The van der Waals surface area contributed by atoms with E-state index in [1.165, 1.54) is 18.2 Å². The van der Waals surface area contributed by atoms with Crippen LogP contribution in [0.4, 0.5) is 11.5 Å². The van der Waals surface area contributed by atoms with E-state index in [2.05, 4.69) is 10.3 Å². The molecule has 0 saturated heterocycles. The molecule has 7 nitrogen and oxygen atoms in total. The number of hydrogen-bond donors (Lipinski definition) is 1. The third kappa shape index (κ3) is 3.45. The van der Waals surface area contributed by atoms with Crippen molar-refractivity contribution in [2.24, 2.45) is 0 Å². The number of hydrogen-bond acceptors (Lipinski definition) is 6. The highest BCUT2D eigenvalue weighted by Crippen LogP contribution is 2.28. The molecular formula is C14H12N4O3. The molecule has 0 aliphatic carbocycles. The average Bonchev–Trinajstić information content (AvgIpc) is 2.52. The number of nitro groups is 1. The number of nitrogens with one attached hydrogen (secondary N) is 1. The van der Waals surface area contributed by atoms with Crippen molar-refractivity contribution in [1.82, 2.24) is 4.98 Å². The van der Waals surface area contributed by atoms with Crippen molar-refractivity contribution < 1.29 is 9.66 Å². The Hall–Kier alpha value is -3.14. The Morgan fingerprint density at radius 2 is 2.24 bits per heavy atom. The number of nitriles is 1. The Kier molecular flexibility index (Phi) is 4.31. The Morgan fingerprint density at radius 3 is 2.90 bits per heavy atom. The van der Waals surface area contributed by atoms with Gasteiger partial charge in [-0.25, -0.2) is 4.98 Å². The third-order valence-electron chi connectivity index (χ3n) is 2.76. The maximum Gasteiger partial charge on any atom is 0.312 e. The summed E-state index contributed by atoms with van der Waals surface area (Å²) in [6.45, 7) is 0.171. The highest BCUT2D eigenvalue weighted by Gasteiger charge is 2.16. The van der Waals surface area contributed by atoms with Crippen LogP contribution in [-0.4, -0.2) is 17.0 Å². The Labute approximate surface area is 121 Å². The fourth-order valence-corrected chi connectivity index (χ4v) is 1.71. The summed E-state index contributed by atoms with van der Waals surface area (Å²) in [6, 6.07) is 9.51. The van der Waals surface area contributed by atoms with E-state index >= 15 is 0 Å². The van der Waals surface area contributed by atoms with Crippen molar-refractivity contribution in [3.63, 3.8) is 0 Å². The largest absolute Gasteiger partial charge is 0.482 e. The number of benzene rings is 1. The lowest BCUT2D eigenvalue weighted by Gasteiger charge is -2.08. The highest BCUT2D eigenvalue weighted by molar-refractivity contribution is 5.51. The number of rotatable bonds is 5. The van der Waals surface area contributed by atoms with E-state index in [9.17, 15) is 10.1 Å². The van der Waals surface area contributed by atoms with Crippen molar-refractivity contribution in [3.05, 3.63) is 57.8 Å². The van der Waals surface area contributed by atoms with Gasteiger partial charge in [-0.1, -0.05) is 0 Å². The summed E-state index contributed by atoms with van der Waals surface area (Å²) in [4.78, 5) is 14.5. The fourth-order valence-electron chi connectivity index (χ4n) is 1.71. The number of aromatic nitrogens is 1. The monoisotopic (exact) mass is 284 g/mol. The summed E-state index contributed by atoms with van der Waals surface area (Å²) in [5.41, 5.74) is 0.820. The predicted octanol–water partition coefficient (Wildman–Crippen LogP) is 2.48. The quantitative estimate of drug-likeness (QED) is 0.668. The summed E-state index contributed by atoms with van der Waals surface area (Å²) in [5, 5.41) is 22.7. The van der Waals surface area contributed by atoms with Gasteiger partial charge in [0.2, 0.25) is 0 Å². The molecule has 0 atom stereocenters. The van der Waals surface area contributed by atoms with Crippen LogP contribution < -0.4 is 10.1 Å². The normalized spacial score (nSPS) is 9.71. The van der Waals surface area contributed by atoms with E-state index < -0.39 is 4.92 Å². The van der Waals surface area contributed by atoms with Crippen LogP contribution in [0.2, 0.25) is 0 Å². The van der Waals surface area contributed by atoms with Crippen LogP contribution in [0.1, 0.15) is 11.1 Å². The van der Waals surface area contributed by atoms with Gasteiger partial charge in [-0.3, -0.25) is 10.1 Å². The molecule has 0 radical (unpaired) electrons. The molecule has 7 heteroatoms. The zero-order valence-electron chi connectivity index (χ0n) is 11.2. The first-order chi connectivity index (χ1) is 10.1. The van der Waals surface area contributed by atoms with Crippen LogP contribution in [0.25, 0.3) is 0 Å². The van der Waals surface area contributed by atoms with Gasteiger partial charge in [-0.2, -0.15) is 5.26 Å². The lowest BCUT2D eigenvalue weighted by atomic mass is 10.2. The molecule has 0 fully saturated rings. The molecule has 1 aromatic carbocycles. The van der Waals surface area contributed by atoms with E-state index in [1.54, 1.807) is 25.4 Å². The van der Waals surface area contributed by atoms with Gasteiger partial charge >= 0.3 is 5.69 Å². The summed E-state index contributed by atoms with van der Waals surface area (Å²) >= 11 is 0. The Balaban J connectivity index is 2.19. The first kappa shape index (κ1) is 14.3. The molecule has 0 bridgehead atoms. The van der Waals surface area contributed by atoms with Gasteiger partial charge in [0.05, 0.1) is 16.6 Å². The molecule has 0 aliphatic heterocycles. The minimum Gasteiger partial charge on any atom is -0.482 e. The van der Waals surface area contributed by atoms with Gasteiger partial charge in [0.1, 0.15) is 12.4 Å². The van der Waals surface area contributed by atoms with Crippen LogP contribution >= 0.6 is 0 Å². The minimum absolute atomic E-state index is 0.127. The van der Waals surface area contributed by atoms with Crippen molar-refractivity contribution in [2.45, 2.75) is 6.61 Å². The van der Waals surface area contributed by atoms with Crippen molar-refractivity contribution in [2.75, 3.05) is 12.4 Å². The highest BCUT2D eigenvalue weighted by atomic mass is 16.6. The first-order valence-electron chi connectivity index (χ1n) is 6.08. The first-order valence-corrected chi connectivity index (χ1v) is 6.08.